The van der Waals surface area contributed by atoms with Gasteiger partial charge in [0.05, 0.1) is 12.8 Å². The summed E-state index contributed by atoms with van der Waals surface area (Å²) in [5, 5.41) is 0. The van der Waals surface area contributed by atoms with Gasteiger partial charge in [-0.3, -0.25) is 0 Å². The molecule has 0 aliphatic rings. The van der Waals surface area contributed by atoms with Crippen molar-refractivity contribution in [2.24, 2.45) is 0 Å². The second-order valence-corrected chi connectivity index (χ2v) is 4.59. The molecule has 0 atom stereocenters. The molecular weight excluding hydrogens is 222 g/mol. The monoisotopic (exact) mass is 241 g/mol. The van der Waals surface area contributed by atoms with Crippen molar-refractivity contribution in [3.63, 3.8) is 0 Å². The number of nitrogens with zero attached hydrogens (tertiary/aromatic N) is 1. The molecule has 0 bridgehead atoms. The third-order valence-electron chi connectivity index (χ3n) is 3.13. The highest BCUT2D eigenvalue weighted by molar-refractivity contribution is 5.68. The van der Waals surface area contributed by atoms with Gasteiger partial charge in [-0.15, -0.1) is 0 Å². The van der Waals surface area contributed by atoms with Crippen LogP contribution in [-0.4, -0.2) is 11.7 Å². The summed E-state index contributed by atoms with van der Waals surface area (Å²) in [6.45, 7) is 8.27. The highest BCUT2D eigenvalue weighted by Gasteiger charge is 2.12. The van der Waals surface area contributed by atoms with E-state index in [0.717, 1.165) is 5.75 Å². The first-order valence-corrected chi connectivity index (χ1v) is 6.15. The molecule has 0 unspecified atom stereocenters. The molecule has 1 aromatic heterocycles. The predicted molar refractivity (Wildman–Crippen MR) is 76.9 cm³/mol. The van der Waals surface area contributed by atoms with Crippen LogP contribution in [0.5, 0.6) is 5.75 Å². The lowest BCUT2D eigenvalue weighted by atomic mass is 9.99. The Morgan fingerprint density at radius 1 is 1.17 bits per heavy atom. The zero-order valence-electron chi connectivity index (χ0n) is 11.2. The van der Waals surface area contributed by atoms with Crippen LogP contribution in [0.4, 0.5) is 0 Å². The lowest BCUT2D eigenvalue weighted by Gasteiger charge is -2.11. The third kappa shape index (κ3) is 2.19. The third-order valence-corrected chi connectivity index (χ3v) is 3.13. The lowest BCUT2D eigenvalue weighted by Crippen LogP contribution is -1.94. The molecule has 2 aromatic rings. The summed E-state index contributed by atoms with van der Waals surface area (Å²) in [5.74, 6) is 1.37. The summed E-state index contributed by atoms with van der Waals surface area (Å²) in [6.07, 6.45) is 3.90. The molecule has 0 amide bonds. The predicted octanol–water partition coefficient (Wildman–Crippen LogP) is 4.39. The van der Waals surface area contributed by atoms with Gasteiger partial charge in [0.1, 0.15) is 5.75 Å². The molecule has 18 heavy (non-hydrogen) atoms. The largest absolute Gasteiger partial charge is 0.497 e. The van der Waals surface area contributed by atoms with Crippen LogP contribution < -0.4 is 4.74 Å². The number of aromatic nitrogens is 1. The molecule has 0 spiro atoms. The standard InChI is InChI=1S/C16H19NO/c1-5-17-11-10-15(12(2)3)16(17)13-6-8-14(18-4)9-7-13/h5-12H,1H2,2-4H3. The van der Waals surface area contributed by atoms with Crippen LogP contribution in [0.3, 0.4) is 0 Å². The fraction of sp³-hybridized carbons (Fsp3) is 0.250. The molecule has 0 radical (unpaired) electrons. The Morgan fingerprint density at radius 2 is 1.83 bits per heavy atom. The first kappa shape index (κ1) is 12.5. The molecule has 2 heteroatoms. The Labute approximate surface area is 109 Å². The molecule has 0 saturated carbocycles. The second kappa shape index (κ2) is 5.13. The van der Waals surface area contributed by atoms with Crippen molar-refractivity contribution in [1.29, 1.82) is 0 Å². The molecule has 1 aromatic carbocycles. The van der Waals surface area contributed by atoms with Crippen LogP contribution >= 0.6 is 0 Å². The van der Waals surface area contributed by atoms with E-state index in [2.05, 4.69) is 49.4 Å². The minimum Gasteiger partial charge on any atom is -0.497 e. The van der Waals surface area contributed by atoms with Crippen LogP contribution in [0.15, 0.2) is 43.1 Å². The molecule has 0 N–H and O–H groups in total. The van der Waals surface area contributed by atoms with Crippen molar-refractivity contribution in [3.05, 3.63) is 48.7 Å². The van der Waals surface area contributed by atoms with Gasteiger partial charge in [0, 0.05) is 12.4 Å². The molecule has 0 fully saturated rings. The van der Waals surface area contributed by atoms with Crippen molar-refractivity contribution in [2.75, 3.05) is 7.11 Å². The topological polar surface area (TPSA) is 14.2 Å². The van der Waals surface area contributed by atoms with E-state index in [1.165, 1.54) is 16.8 Å². The number of methoxy groups -OCH3 is 1. The Morgan fingerprint density at radius 3 is 2.33 bits per heavy atom. The van der Waals surface area contributed by atoms with Gasteiger partial charge < -0.3 is 9.30 Å². The van der Waals surface area contributed by atoms with Crippen LogP contribution in [0, 0.1) is 0 Å². The fourth-order valence-electron chi connectivity index (χ4n) is 2.15. The van der Waals surface area contributed by atoms with E-state index >= 15 is 0 Å². The van der Waals surface area contributed by atoms with Gasteiger partial charge in [0.2, 0.25) is 0 Å². The highest BCUT2D eigenvalue weighted by atomic mass is 16.5. The van der Waals surface area contributed by atoms with Gasteiger partial charge in [-0.1, -0.05) is 20.4 Å². The molecule has 1 heterocycles. The van der Waals surface area contributed by atoms with E-state index in [1.807, 2.05) is 18.3 Å². The van der Waals surface area contributed by atoms with E-state index < -0.39 is 0 Å². The normalized spacial score (nSPS) is 10.7. The minimum absolute atomic E-state index is 0.489. The van der Waals surface area contributed by atoms with Crippen molar-refractivity contribution >= 4 is 6.20 Å². The van der Waals surface area contributed by atoms with Crippen molar-refractivity contribution in [1.82, 2.24) is 4.57 Å². The first-order chi connectivity index (χ1) is 8.67. The van der Waals surface area contributed by atoms with E-state index in [0.29, 0.717) is 5.92 Å². The lowest BCUT2D eigenvalue weighted by molar-refractivity contribution is 0.415. The Bertz CT molecular complexity index is 535. The minimum atomic E-state index is 0.489. The Kier molecular flexibility index (Phi) is 3.56. The summed E-state index contributed by atoms with van der Waals surface area (Å²) in [7, 11) is 1.68. The van der Waals surface area contributed by atoms with E-state index in [4.69, 9.17) is 4.74 Å². The van der Waals surface area contributed by atoms with Gasteiger partial charge in [-0.25, -0.2) is 0 Å². The smallest absolute Gasteiger partial charge is 0.118 e. The molecule has 2 nitrogen and oxygen atoms in total. The van der Waals surface area contributed by atoms with Crippen LogP contribution in [0.2, 0.25) is 0 Å². The fourth-order valence-corrected chi connectivity index (χ4v) is 2.15. The van der Waals surface area contributed by atoms with Crippen LogP contribution in [-0.2, 0) is 0 Å². The first-order valence-electron chi connectivity index (χ1n) is 6.15. The summed E-state index contributed by atoms with van der Waals surface area (Å²) in [4.78, 5) is 0. The van der Waals surface area contributed by atoms with Crippen LogP contribution in [0.1, 0.15) is 25.3 Å². The van der Waals surface area contributed by atoms with Crippen LogP contribution in [0.25, 0.3) is 17.5 Å². The van der Waals surface area contributed by atoms with Gasteiger partial charge in [0.25, 0.3) is 0 Å². The van der Waals surface area contributed by atoms with Gasteiger partial charge in [0.15, 0.2) is 0 Å². The maximum absolute atomic E-state index is 5.19. The zero-order valence-corrected chi connectivity index (χ0v) is 11.2. The molecule has 0 aliphatic carbocycles. The van der Waals surface area contributed by atoms with E-state index in [9.17, 15) is 0 Å². The zero-order chi connectivity index (χ0) is 13.1. The summed E-state index contributed by atoms with van der Waals surface area (Å²) < 4.78 is 7.26. The van der Waals surface area contributed by atoms with E-state index in [1.54, 1.807) is 7.11 Å². The van der Waals surface area contributed by atoms with Gasteiger partial charge in [-0.2, -0.15) is 0 Å². The Hall–Kier alpha value is -1.96. The summed E-state index contributed by atoms with van der Waals surface area (Å²) in [6, 6.07) is 10.3. The maximum Gasteiger partial charge on any atom is 0.118 e. The number of benzene rings is 1. The number of hydrogen-bond acceptors (Lipinski definition) is 1. The SMILES string of the molecule is C=Cn1ccc(C(C)C)c1-c1ccc(OC)cc1. The van der Waals surface area contributed by atoms with E-state index in [-0.39, 0.29) is 0 Å². The van der Waals surface area contributed by atoms with Crippen molar-refractivity contribution in [2.45, 2.75) is 19.8 Å². The highest BCUT2D eigenvalue weighted by Crippen LogP contribution is 2.31. The average molecular weight is 241 g/mol. The quantitative estimate of drug-likeness (QED) is 0.774. The molecule has 0 aliphatic heterocycles. The molecule has 2 rings (SSSR count). The number of ether oxygens (including phenoxy) is 1. The number of hydrogen-bond donors (Lipinski definition) is 0. The molecular formula is C16H19NO. The van der Waals surface area contributed by atoms with Gasteiger partial charge >= 0.3 is 0 Å². The summed E-state index contributed by atoms with van der Waals surface area (Å²) in [5.41, 5.74) is 3.73. The number of rotatable bonds is 4. The van der Waals surface area contributed by atoms with Crippen molar-refractivity contribution < 1.29 is 4.74 Å². The second-order valence-electron chi connectivity index (χ2n) is 4.59. The Balaban J connectivity index is 2.53. The molecule has 0 saturated heterocycles. The summed E-state index contributed by atoms with van der Waals surface area (Å²) >= 11 is 0. The van der Waals surface area contributed by atoms with Crippen molar-refractivity contribution in [3.8, 4) is 17.0 Å². The average Bonchev–Trinajstić information content (AvgIpc) is 2.82. The maximum atomic E-state index is 5.19. The molecule has 94 valence electrons. The van der Waals surface area contributed by atoms with Gasteiger partial charge in [-0.05, 0) is 47.4 Å².